The summed E-state index contributed by atoms with van der Waals surface area (Å²) in [6.07, 6.45) is -0.215. The first-order valence-corrected chi connectivity index (χ1v) is 12.7. The average Bonchev–Trinajstić information content (AvgIpc) is 2.85. The van der Waals surface area contributed by atoms with Gasteiger partial charge in [0.05, 0.1) is 24.7 Å². The molecule has 4 rings (SSSR count). The van der Waals surface area contributed by atoms with Crippen LogP contribution in [0.5, 0.6) is 5.75 Å². The van der Waals surface area contributed by atoms with Crippen LogP contribution in [0.4, 0.5) is 5.69 Å². The van der Waals surface area contributed by atoms with Crippen molar-refractivity contribution in [1.29, 1.82) is 0 Å². The monoisotopic (exact) mass is 480 g/mol. The fourth-order valence-electron chi connectivity index (χ4n) is 3.87. The van der Waals surface area contributed by atoms with Gasteiger partial charge in [-0.25, -0.2) is 8.42 Å². The van der Waals surface area contributed by atoms with Crippen molar-refractivity contribution in [3.8, 4) is 5.75 Å². The first-order chi connectivity index (χ1) is 16.4. The van der Waals surface area contributed by atoms with E-state index < -0.39 is 10.0 Å². The predicted octanol–water partition coefficient (Wildman–Crippen LogP) is 4.41. The van der Waals surface area contributed by atoms with Gasteiger partial charge in [0.15, 0.2) is 0 Å². The lowest BCUT2D eigenvalue weighted by Crippen LogP contribution is -2.42. The van der Waals surface area contributed by atoms with Gasteiger partial charge in [0, 0.05) is 17.8 Å². The summed E-state index contributed by atoms with van der Waals surface area (Å²) in [6, 6.07) is 21.1. The summed E-state index contributed by atoms with van der Waals surface area (Å²) in [5, 5.41) is 0. The van der Waals surface area contributed by atoms with Crippen molar-refractivity contribution in [2.45, 2.75) is 24.8 Å². The van der Waals surface area contributed by atoms with E-state index in [2.05, 4.69) is 4.72 Å². The van der Waals surface area contributed by atoms with Crippen LogP contribution in [-0.2, 0) is 14.8 Å². The van der Waals surface area contributed by atoms with Crippen LogP contribution in [0.25, 0.3) is 0 Å². The first kappa shape index (κ1) is 23.8. The average molecular weight is 481 g/mol. The number of morpholine rings is 1. The number of sulfonamides is 1. The lowest BCUT2D eigenvalue weighted by molar-refractivity contribution is -0.0228. The number of nitrogens with zero attached hydrogens (tertiary/aromatic N) is 1. The number of benzene rings is 3. The molecule has 1 aliphatic rings. The molecule has 0 aliphatic carbocycles. The highest BCUT2D eigenvalue weighted by atomic mass is 32.2. The molecule has 178 valence electrons. The Labute approximate surface area is 200 Å². The van der Waals surface area contributed by atoms with Crippen LogP contribution < -0.4 is 9.46 Å². The molecule has 34 heavy (non-hydrogen) atoms. The van der Waals surface area contributed by atoms with Gasteiger partial charge >= 0.3 is 0 Å². The fourth-order valence-corrected chi connectivity index (χ4v) is 4.96. The minimum Gasteiger partial charge on any atom is -0.494 e. The number of anilines is 1. The molecule has 0 aromatic heterocycles. The normalized spacial score (nSPS) is 16.2. The molecule has 8 heteroatoms. The molecule has 0 radical (unpaired) electrons. The van der Waals surface area contributed by atoms with E-state index in [1.54, 1.807) is 42.2 Å². The zero-order chi connectivity index (χ0) is 24.1. The van der Waals surface area contributed by atoms with Crippen LogP contribution >= 0.6 is 0 Å². The number of rotatable bonds is 7. The van der Waals surface area contributed by atoms with Crippen molar-refractivity contribution in [2.24, 2.45) is 0 Å². The van der Waals surface area contributed by atoms with Crippen molar-refractivity contribution < 1.29 is 22.7 Å². The Kier molecular flexibility index (Phi) is 7.19. The van der Waals surface area contributed by atoms with Crippen molar-refractivity contribution in [1.82, 2.24) is 4.90 Å². The molecule has 1 heterocycles. The molecule has 1 N–H and O–H groups in total. The van der Waals surface area contributed by atoms with Gasteiger partial charge in [-0.2, -0.15) is 0 Å². The number of hydrogen-bond donors (Lipinski definition) is 1. The van der Waals surface area contributed by atoms with Gasteiger partial charge in [-0.15, -0.1) is 0 Å². The molecule has 7 nitrogen and oxygen atoms in total. The number of nitrogens with one attached hydrogen (secondary N) is 1. The van der Waals surface area contributed by atoms with Gasteiger partial charge in [0.25, 0.3) is 15.9 Å². The number of aryl methyl sites for hydroxylation is 1. The van der Waals surface area contributed by atoms with Crippen LogP contribution in [0.3, 0.4) is 0 Å². The molecular weight excluding hydrogens is 452 g/mol. The largest absolute Gasteiger partial charge is 0.494 e. The van der Waals surface area contributed by atoms with Crippen molar-refractivity contribution in [3.05, 3.63) is 89.5 Å². The Bertz CT molecular complexity index is 1240. The second-order valence-electron chi connectivity index (χ2n) is 8.06. The predicted molar refractivity (Wildman–Crippen MR) is 131 cm³/mol. The molecule has 0 saturated carbocycles. The van der Waals surface area contributed by atoms with Gasteiger partial charge in [-0.05, 0) is 61.4 Å². The van der Waals surface area contributed by atoms with E-state index in [0.29, 0.717) is 48.9 Å². The van der Waals surface area contributed by atoms with Crippen molar-refractivity contribution in [3.63, 3.8) is 0 Å². The smallest absolute Gasteiger partial charge is 0.261 e. The lowest BCUT2D eigenvalue weighted by Gasteiger charge is -2.33. The molecule has 1 saturated heterocycles. The summed E-state index contributed by atoms with van der Waals surface area (Å²) >= 11 is 0. The molecular formula is C26H28N2O5S. The van der Waals surface area contributed by atoms with Crippen LogP contribution in [-0.4, -0.2) is 45.5 Å². The van der Waals surface area contributed by atoms with E-state index in [1.165, 1.54) is 12.1 Å². The molecule has 1 aliphatic heterocycles. The number of carbonyl (C=O) groups is 1. The van der Waals surface area contributed by atoms with Crippen LogP contribution in [0, 0.1) is 6.92 Å². The highest BCUT2D eigenvalue weighted by Crippen LogP contribution is 2.26. The van der Waals surface area contributed by atoms with E-state index >= 15 is 0 Å². The summed E-state index contributed by atoms with van der Waals surface area (Å²) in [4.78, 5) is 15.1. The topological polar surface area (TPSA) is 84.9 Å². The zero-order valence-corrected chi connectivity index (χ0v) is 20.0. The van der Waals surface area contributed by atoms with E-state index in [1.807, 2.05) is 37.3 Å². The number of carbonyl (C=O) groups excluding carboxylic acids is 1. The third-order valence-corrected chi connectivity index (χ3v) is 7.07. The number of amides is 1. The molecule has 3 aromatic carbocycles. The maximum atomic E-state index is 13.4. The zero-order valence-electron chi connectivity index (χ0n) is 19.2. The van der Waals surface area contributed by atoms with Crippen LogP contribution in [0.1, 0.15) is 34.5 Å². The summed E-state index contributed by atoms with van der Waals surface area (Å²) < 4.78 is 39.9. The highest BCUT2D eigenvalue weighted by Gasteiger charge is 2.28. The first-order valence-electron chi connectivity index (χ1n) is 11.2. The molecule has 0 spiro atoms. The van der Waals surface area contributed by atoms with Gasteiger partial charge < -0.3 is 14.4 Å². The molecule has 0 unspecified atom stereocenters. The Morgan fingerprint density at radius 1 is 1.09 bits per heavy atom. The lowest BCUT2D eigenvalue weighted by atomic mass is 10.0. The second-order valence-corrected chi connectivity index (χ2v) is 9.74. The van der Waals surface area contributed by atoms with E-state index in [9.17, 15) is 13.2 Å². The maximum absolute atomic E-state index is 13.4. The Balaban J connectivity index is 1.53. The Hall–Kier alpha value is -3.36. The molecule has 1 atom stereocenters. The van der Waals surface area contributed by atoms with E-state index in [0.717, 1.165) is 5.56 Å². The Morgan fingerprint density at radius 2 is 1.82 bits per heavy atom. The fraction of sp³-hybridized carbons (Fsp3) is 0.269. The Morgan fingerprint density at radius 3 is 2.53 bits per heavy atom. The third-order valence-electron chi connectivity index (χ3n) is 5.69. The summed E-state index contributed by atoms with van der Waals surface area (Å²) in [6.45, 7) is 5.49. The van der Waals surface area contributed by atoms with E-state index in [-0.39, 0.29) is 16.9 Å². The molecule has 0 bridgehead atoms. The van der Waals surface area contributed by atoms with Crippen molar-refractivity contribution in [2.75, 3.05) is 31.0 Å². The van der Waals surface area contributed by atoms with Gasteiger partial charge in [0.2, 0.25) is 0 Å². The second kappa shape index (κ2) is 10.3. The number of ether oxygens (including phenoxy) is 2. The standard InChI is InChI=1S/C26H28N2O5S/c1-3-32-22-12-10-21(11-13-22)27-34(30,31)23-14-9-19(2)24(17-23)26(29)28-15-16-33-25(18-28)20-7-5-4-6-8-20/h4-14,17,25,27H,3,15-16,18H2,1-2H3/t25-/m0/s1. The maximum Gasteiger partial charge on any atom is 0.261 e. The van der Waals surface area contributed by atoms with Crippen LogP contribution in [0.2, 0.25) is 0 Å². The van der Waals surface area contributed by atoms with Gasteiger partial charge in [-0.1, -0.05) is 36.4 Å². The molecule has 1 amide bonds. The summed E-state index contributed by atoms with van der Waals surface area (Å²) in [5.41, 5.74) is 2.50. The summed E-state index contributed by atoms with van der Waals surface area (Å²) in [5.74, 6) is 0.452. The molecule has 1 fully saturated rings. The summed E-state index contributed by atoms with van der Waals surface area (Å²) in [7, 11) is -3.88. The van der Waals surface area contributed by atoms with Gasteiger partial charge in [0.1, 0.15) is 11.9 Å². The minimum absolute atomic E-state index is 0.0307. The third kappa shape index (κ3) is 5.40. The quantitative estimate of drug-likeness (QED) is 0.542. The minimum atomic E-state index is -3.88. The highest BCUT2D eigenvalue weighted by molar-refractivity contribution is 7.92. The number of hydrogen-bond acceptors (Lipinski definition) is 5. The van der Waals surface area contributed by atoms with Crippen molar-refractivity contribution >= 4 is 21.6 Å². The molecule has 3 aromatic rings. The SMILES string of the molecule is CCOc1ccc(NS(=O)(=O)c2ccc(C)c(C(=O)N3CCO[C@H](c4ccccc4)C3)c2)cc1. The van der Waals surface area contributed by atoms with Crippen LogP contribution in [0.15, 0.2) is 77.7 Å². The van der Waals surface area contributed by atoms with E-state index in [4.69, 9.17) is 9.47 Å². The van der Waals surface area contributed by atoms with Gasteiger partial charge in [-0.3, -0.25) is 9.52 Å².